The van der Waals surface area contributed by atoms with Crippen LogP contribution in [0.25, 0.3) is 0 Å². The molecule has 31 heavy (non-hydrogen) atoms. The van der Waals surface area contributed by atoms with Crippen LogP contribution in [0.3, 0.4) is 0 Å². The van der Waals surface area contributed by atoms with Crippen molar-refractivity contribution in [1.29, 1.82) is 0 Å². The number of hydrogen-bond acceptors (Lipinski definition) is 6. The number of aryl methyl sites for hydroxylation is 2. The molecule has 0 saturated heterocycles. The summed E-state index contributed by atoms with van der Waals surface area (Å²) in [6.45, 7) is 4.24. The summed E-state index contributed by atoms with van der Waals surface area (Å²) in [5, 5.41) is 0. The van der Waals surface area contributed by atoms with Gasteiger partial charge in [-0.3, -0.25) is 0 Å². The first kappa shape index (κ1) is 23.0. The molecular formula is C25H30O6. The van der Waals surface area contributed by atoms with E-state index in [-0.39, 0.29) is 31.0 Å². The highest BCUT2D eigenvalue weighted by molar-refractivity contribution is 5.89. The molecule has 1 fully saturated rings. The number of carbonyl (C=O) groups excluding carboxylic acids is 2. The van der Waals surface area contributed by atoms with Crippen LogP contribution in [0.1, 0.15) is 44.7 Å². The Labute approximate surface area is 183 Å². The van der Waals surface area contributed by atoms with Crippen molar-refractivity contribution in [3.8, 4) is 0 Å². The van der Waals surface area contributed by atoms with Crippen LogP contribution in [0, 0.1) is 25.7 Å². The second kappa shape index (κ2) is 10.1. The molecule has 0 unspecified atom stereocenters. The molecule has 1 aliphatic rings. The van der Waals surface area contributed by atoms with Crippen LogP contribution >= 0.6 is 0 Å². The molecule has 1 saturated carbocycles. The predicted molar refractivity (Wildman–Crippen MR) is 116 cm³/mol. The van der Waals surface area contributed by atoms with Gasteiger partial charge in [0.2, 0.25) is 0 Å². The van der Waals surface area contributed by atoms with Crippen LogP contribution in [0.2, 0.25) is 0 Å². The molecular weight excluding hydrogens is 396 g/mol. The molecule has 0 radical (unpaired) electrons. The highest BCUT2D eigenvalue weighted by Gasteiger charge is 2.50. The lowest BCUT2D eigenvalue weighted by molar-refractivity contribution is -0.238. The molecule has 2 atom stereocenters. The van der Waals surface area contributed by atoms with E-state index in [9.17, 15) is 9.59 Å². The van der Waals surface area contributed by atoms with Crippen molar-refractivity contribution in [1.82, 2.24) is 0 Å². The summed E-state index contributed by atoms with van der Waals surface area (Å²) < 4.78 is 22.6. The lowest BCUT2D eigenvalue weighted by Gasteiger charge is -2.34. The first-order valence-corrected chi connectivity index (χ1v) is 10.5. The summed E-state index contributed by atoms with van der Waals surface area (Å²) >= 11 is 0. The van der Waals surface area contributed by atoms with Crippen LogP contribution in [0.15, 0.2) is 48.5 Å². The molecule has 0 amide bonds. The van der Waals surface area contributed by atoms with Crippen molar-refractivity contribution in [2.45, 2.75) is 32.5 Å². The van der Waals surface area contributed by atoms with Crippen LogP contribution in [-0.4, -0.2) is 45.2 Å². The van der Waals surface area contributed by atoms with E-state index in [0.29, 0.717) is 17.5 Å². The van der Waals surface area contributed by atoms with E-state index in [1.165, 1.54) is 0 Å². The molecule has 0 spiro atoms. The number of esters is 2. The van der Waals surface area contributed by atoms with Gasteiger partial charge in [-0.25, -0.2) is 9.59 Å². The van der Waals surface area contributed by atoms with Gasteiger partial charge in [-0.15, -0.1) is 0 Å². The zero-order valence-electron chi connectivity index (χ0n) is 18.6. The van der Waals surface area contributed by atoms with Crippen LogP contribution in [-0.2, 0) is 18.9 Å². The SMILES string of the molecule is COC1(OC)CC[C@H](COC(=O)c2ccc(C)cc2)[C@H]1COC(=O)c1ccc(C)cc1. The van der Waals surface area contributed by atoms with Gasteiger partial charge in [0.15, 0.2) is 5.79 Å². The standard InChI is InChI=1S/C25H30O6/c1-17-5-9-19(10-6-17)23(26)30-15-21-13-14-25(28-3,29-4)22(21)16-31-24(27)20-11-7-18(2)8-12-20/h5-12,21-22H,13-16H2,1-4H3/t21-,22-/m1/s1. The van der Waals surface area contributed by atoms with Gasteiger partial charge in [0, 0.05) is 26.6 Å². The van der Waals surface area contributed by atoms with Crippen molar-refractivity contribution in [3.63, 3.8) is 0 Å². The maximum absolute atomic E-state index is 12.5. The van der Waals surface area contributed by atoms with Gasteiger partial charge in [0.25, 0.3) is 0 Å². The molecule has 0 heterocycles. The van der Waals surface area contributed by atoms with E-state index in [0.717, 1.165) is 17.5 Å². The van der Waals surface area contributed by atoms with Crippen LogP contribution in [0.4, 0.5) is 0 Å². The van der Waals surface area contributed by atoms with Crippen molar-refractivity contribution in [2.75, 3.05) is 27.4 Å². The molecule has 6 nitrogen and oxygen atoms in total. The predicted octanol–water partition coefficient (Wildman–Crippen LogP) is 4.33. The third-order valence-electron chi connectivity index (χ3n) is 6.09. The van der Waals surface area contributed by atoms with Gasteiger partial charge in [0.1, 0.15) is 6.61 Å². The summed E-state index contributed by atoms with van der Waals surface area (Å²) in [5.41, 5.74) is 3.15. The van der Waals surface area contributed by atoms with Crippen molar-refractivity contribution >= 4 is 11.9 Å². The summed E-state index contributed by atoms with van der Waals surface area (Å²) in [4.78, 5) is 24.9. The third-order valence-corrected chi connectivity index (χ3v) is 6.09. The molecule has 166 valence electrons. The first-order chi connectivity index (χ1) is 14.9. The summed E-state index contributed by atoms with van der Waals surface area (Å²) in [7, 11) is 3.16. The number of hydrogen-bond donors (Lipinski definition) is 0. The number of carbonyl (C=O) groups is 2. The molecule has 0 aliphatic heterocycles. The normalized spacial score (nSPS) is 19.7. The topological polar surface area (TPSA) is 71.1 Å². The first-order valence-electron chi connectivity index (χ1n) is 10.5. The Balaban J connectivity index is 1.65. The zero-order valence-corrected chi connectivity index (χ0v) is 18.6. The Morgan fingerprint density at radius 1 is 0.806 bits per heavy atom. The van der Waals surface area contributed by atoms with Gasteiger partial charge in [-0.2, -0.15) is 0 Å². The molecule has 0 aromatic heterocycles. The minimum atomic E-state index is -0.880. The molecule has 2 aromatic rings. The van der Waals surface area contributed by atoms with Crippen molar-refractivity contribution in [2.24, 2.45) is 11.8 Å². The van der Waals surface area contributed by atoms with Gasteiger partial charge >= 0.3 is 11.9 Å². The quantitative estimate of drug-likeness (QED) is 0.462. The number of ether oxygens (including phenoxy) is 4. The average Bonchev–Trinajstić information content (AvgIpc) is 3.14. The lowest BCUT2D eigenvalue weighted by atomic mass is 9.94. The zero-order chi connectivity index (χ0) is 22.4. The van der Waals surface area contributed by atoms with Gasteiger partial charge in [0.05, 0.1) is 23.7 Å². The summed E-state index contributed by atoms with van der Waals surface area (Å²) in [6, 6.07) is 14.5. The highest BCUT2D eigenvalue weighted by atomic mass is 16.7. The molecule has 3 rings (SSSR count). The van der Waals surface area contributed by atoms with E-state index in [4.69, 9.17) is 18.9 Å². The van der Waals surface area contributed by atoms with Crippen LogP contribution in [0.5, 0.6) is 0 Å². The summed E-state index contributed by atoms with van der Waals surface area (Å²) in [6.07, 6.45) is 1.36. The average molecular weight is 427 g/mol. The van der Waals surface area contributed by atoms with E-state index in [1.807, 2.05) is 38.1 Å². The van der Waals surface area contributed by atoms with Gasteiger partial charge in [-0.05, 0) is 44.5 Å². The second-order valence-corrected chi connectivity index (χ2v) is 8.05. The Morgan fingerprint density at radius 2 is 1.26 bits per heavy atom. The fourth-order valence-corrected chi connectivity index (χ4v) is 4.08. The molecule has 0 N–H and O–H groups in total. The highest BCUT2D eigenvalue weighted by Crippen LogP contribution is 2.43. The Morgan fingerprint density at radius 3 is 1.71 bits per heavy atom. The maximum Gasteiger partial charge on any atom is 0.338 e. The third kappa shape index (κ3) is 5.32. The monoisotopic (exact) mass is 426 g/mol. The smallest absolute Gasteiger partial charge is 0.338 e. The van der Waals surface area contributed by atoms with E-state index < -0.39 is 11.8 Å². The Bertz CT molecular complexity index is 883. The minimum absolute atomic E-state index is 0.0554. The Kier molecular flexibility index (Phi) is 7.46. The lowest BCUT2D eigenvalue weighted by Crippen LogP contribution is -2.43. The van der Waals surface area contributed by atoms with Gasteiger partial charge < -0.3 is 18.9 Å². The van der Waals surface area contributed by atoms with Crippen LogP contribution < -0.4 is 0 Å². The fraction of sp³-hybridized carbons (Fsp3) is 0.440. The Hall–Kier alpha value is -2.70. The molecule has 2 aromatic carbocycles. The maximum atomic E-state index is 12.5. The van der Waals surface area contributed by atoms with E-state index in [1.54, 1.807) is 38.5 Å². The molecule has 0 bridgehead atoms. The van der Waals surface area contributed by atoms with Crippen molar-refractivity contribution < 1.29 is 28.5 Å². The minimum Gasteiger partial charge on any atom is -0.462 e. The van der Waals surface area contributed by atoms with Crippen molar-refractivity contribution in [3.05, 3.63) is 70.8 Å². The second-order valence-electron chi connectivity index (χ2n) is 8.05. The van der Waals surface area contributed by atoms with E-state index in [2.05, 4.69) is 0 Å². The molecule has 6 heteroatoms. The number of methoxy groups -OCH3 is 2. The molecule has 1 aliphatic carbocycles. The number of rotatable bonds is 8. The van der Waals surface area contributed by atoms with E-state index >= 15 is 0 Å². The van der Waals surface area contributed by atoms with Gasteiger partial charge in [-0.1, -0.05) is 35.4 Å². The number of benzene rings is 2. The fourth-order valence-electron chi connectivity index (χ4n) is 4.08. The summed E-state index contributed by atoms with van der Waals surface area (Å²) in [5.74, 6) is -1.97. The largest absolute Gasteiger partial charge is 0.462 e.